The number of carbonyl (C=O) groups is 3. The number of nitrogens with zero attached hydrogens (tertiary/aromatic N) is 1. The number of Topliss-reactive ketones (excluding diaryl/α,β-unsaturated/α-hetero) is 2. The van der Waals surface area contributed by atoms with Crippen LogP contribution in [0.25, 0.3) is 16.9 Å². The number of hydrogen-bond donors (Lipinski definition) is 6. The summed E-state index contributed by atoms with van der Waals surface area (Å²) in [5.74, 6) is -6.65. The topological polar surface area (TPSA) is 173 Å². The van der Waals surface area contributed by atoms with Crippen molar-refractivity contribution in [2.75, 3.05) is 14.1 Å². The number of likely N-dealkylation sites (N-methyl/N-ethyl adjacent to an activating group) is 1. The first-order valence-electron chi connectivity index (χ1n) is 13.6. The molecule has 2 aromatic carbocycles. The van der Waals surface area contributed by atoms with Gasteiger partial charge in [-0.3, -0.25) is 19.3 Å². The van der Waals surface area contributed by atoms with Gasteiger partial charge in [0.2, 0.25) is 5.78 Å². The molecule has 1 saturated carbocycles. The number of nitrogens with one attached hydrogen (secondary N) is 1. The van der Waals surface area contributed by atoms with Crippen molar-refractivity contribution in [3.8, 4) is 16.9 Å². The number of hydrogen-bond acceptors (Lipinski definition) is 9. The average Bonchev–Trinajstić information content (AvgIpc) is 2.89. The van der Waals surface area contributed by atoms with Crippen molar-refractivity contribution in [2.24, 2.45) is 17.6 Å². The van der Waals surface area contributed by atoms with Crippen LogP contribution in [-0.4, -0.2) is 74.6 Å². The number of aliphatic hydroxyl groups is 3. The summed E-state index contributed by atoms with van der Waals surface area (Å²) in [5.41, 5.74) is 5.14. The molecule has 0 aliphatic heterocycles. The summed E-state index contributed by atoms with van der Waals surface area (Å²) >= 11 is 0. The smallest absolute Gasteiger partial charge is 0.255 e. The van der Waals surface area contributed by atoms with E-state index in [1.807, 2.05) is 24.3 Å². The highest BCUT2D eigenvalue weighted by Crippen LogP contribution is 2.53. The predicted molar refractivity (Wildman–Crippen MR) is 152 cm³/mol. The molecule has 0 aromatic heterocycles. The van der Waals surface area contributed by atoms with Gasteiger partial charge in [0.25, 0.3) is 5.91 Å². The van der Waals surface area contributed by atoms with Gasteiger partial charge in [0.15, 0.2) is 11.4 Å². The minimum Gasteiger partial charge on any atom is -0.508 e. The van der Waals surface area contributed by atoms with E-state index < -0.39 is 58.0 Å². The third kappa shape index (κ3) is 4.34. The highest BCUT2D eigenvalue weighted by Gasteiger charge is 2.64. The van der Waals surface area contributed by atoms with Crippen LogP contribution < -0.4 is 11.1 Å². The van der Waals surface area contributed by atoms with E-state index in [-0.39, 0.29) is 29.7 Å². The van der Waals surface area contributed by atoms with E-state index in [1.165, 1.54) is 11.0 Å². The Kier molecular flexibility index (Phi) is 7.05. The van der Waals surface area contributed by atoms with Gasteiger partial charge < -0.3 is 31.5 Å². The van der Waals surface area contributed by atoms with Gasteiger partial charge in [0.1, 0.15) is 22.8 Å². The first kappa shape index (κ1) is 28.5. The van der Waals surface area contributed by atoms with Crippen molar-refractivity contribution in [3.63, 3.8) is 0 Å². The van der Waals surface area contributed by atoms with Crippen LogP contribution in [0, 0.1) is 11.8 Å². The molecule has 216 valence electrons. The van der Waals surface area contributed by atoms with Crippen LogP contribution in [0.2, 0.25) is 0 Å². The molecule has 0 bridgehead atoms. The van der Waals surface area contributed by atoms with Crippen molar-refractivity contribution in [2.45, 2.75) is 50.9 Å². The minimum atomic E-state index is -2.66. The second-order valence-corrected chi connectivity index (χ2v) is 11.7. The number of amides is 1. The van der Waals surface area contributed by atoms with Gasteiger partial charge in [-0.25, -0.2) is 0 Å². The van der Waals surface area contributed by atoms with Crippen LogP contribution in [0.3, 0.4) is 0 Å². The van der Waals surface area contributed by atoms with Gasteiger partial charge in [-0.1, -0.05) is 44.2 Å². The molecule has 4 atom stereocenters. The number of rotatable bonds is 6. The fourth-order valence-corrected chi connectivity index (χ4v) is 6.64. The lowest BCUT2D eigenvalue weighted by Gasteiger charge is -2.50. The quantitative estimate of drug-likeness (QED) is 0.289. The first-order chi connectivity index (χ1) is 19.3. The largest absolute Gasteiger partial charge is 0.508 e. The van der Waals surface area contributed by atoms with Crippen LogP contribution in [0.1, 0.15) is 37.0 Å². The molecule has 1 amide bonds. The lowest BCUT2D eigenvalue weighted by Crippen LogP contribution is -2.65. The van der Waals surface area contributed by atoms with Crippen LogP contribution in [0.4, 0.5) is 0 Å². The summed E-state index contributed by atoms with van der Waals surface area (Å²) in [4.78, 5) is 40.8. The molecule has 0 heterocycles. The monoisotopic (exact) mass is 561 g/mol. The van der Waals surface area contributed by atoms with Crippen molar-refractivity contribution in [1.29, 1.82) is 0 Å². The maximum Gasteiger partial charge on any atom is 0.255 e. The third-order valence-corrected chi connectivity index (χ3v) is 8.58. The van der Waals surface area contributed by atoms with E-state index in [2.05, 4.69) is 19.2 Å². The Labute approximate surface area is 237 Å². The Morgan fingerprint density at radius 3 is 2.34 bits per heavy atom. The van der Waals surface area contributed by atoms with E-state index in [0.29, 0.717) is 18.2 Å². The molecule has 5 rings (SSSR count). The van der Waals surface area contributed by atoms with Crippen molar-refractivity contribution < 1.29 is 34.8 Å². The molecule has 1 fully saturated rings. The molecule has 3 aliphatic carbocycles. The maximum atomic E-state index is 14.0. The van der Waals surface area contributed by atoms with Crippen molar-refractivity contribution in [3.05, 3.63) is 70.0 Å². The van der Waals surface area contributed by atoms with Gasteiger partial charge in [-0.15, -0.1) is 0 Å². The Hall–Kier alpha value is -3.99. The van der Waals surface area contributed by atoms with Gasteiger partial charge in [-0.2, -0.15) is 0 Å². The van der Waals surface area contributed by atoms with Crippen molar-refractivity contribution in [1.82, 2.24) is 10.2 Å². The third-order valence-electron chi connectivity index (χ3n) is 8.58. The second-order valence-electron chi connectivity index (χ2n) is 11.7. The van der Waals surface area contributed by atoms with E-state index in [1.54, 1.807) is 20.2 Å². The van der Waals surface area contributed by atoms with Gasteiger partial charge >= 0.3 is 0 Å². The fraction of sp³-hybridized carbons (Fsp3) is 0.387. The predicted octanol–water partition coefficient (Wildman–Crippen LogP) is 2.13. The number of nitrogens with two attached hydrogens (primary N) is 1. The van der Waals surface area contributed by atoms with Crippen LogP contribution in [0.15, 0.2) is 53.3 Å². The Morgan fingerprint density at radius 2 is 1.76 bits per heavy atom. The molecule has 10 nitrogen and oxygen atoms in total. The molecule has 7 N–H and O–H groups in total. The standard InChI is InChI=1S/C31H35N3O7/c1-14(2)33-13-15-5-7-16(8-6-15)18-9-10-21(35)23-19(18)11-17-12-20-25(34(3)4)27(37)24(30(32)40)29(39)31(20,41)28(38)22(17)26(23)36/h5-10,14,17,20,25,33,35-36,39,41H,11-13H2,1-4H3,(H2,32,40)/t17-,20-,25-,31-/m0/s1. The van der Waals surface area contributed by atoms with Crippen molar-refractivity contribution >= 4 is 23.2 Å². The number of fused-ring (bicyclic) bond motifs is 3. The number of aromatic hydroxyl groups is 1. The second kappa shape index (κ2) is 10.1. The molecule has 41 heavy (non-hydrogen) atoms. The molecule has 0 spiro atoms. The molecule has 3 aliphatic rings. The van der Waals surface area contributed by atoms with E-state index in [9.17, 15) is 34.8 Å². The molecule has 10 heteroatoms. The van der Waals surface area contributed by atoms with E-state index in [4.69, 9.17) is 5.73 Å². The zero-order chi connectivity index (χ0) is 30.0. The molecule has 0 radical (unpaired) electrons. The molecule has 0 unspecified atom stereocenters. The SMILES string of the molecule is CC(C)NCc1ccc(-c2ccc(O)c3c2C[C@H]2C[C@H]4[C@H](N(C)C)C(=O)C(C(N)=O)=C(O)[C@@]4(O)C(=O)C2=C3O)cc1. The zero-order valence-corrected chi connectivity index (χ0v) is 23.4. The average molecular weight is 562 g/mol. The fourth-order valence-electron chi connectivity index (χ4n) is 6.64. The molecular formula is C31H35N3O7. The highest BCUT2D eigenvalue weighted by molar-refractivity contribution is 6.24. The first-order valence-corrected chi connectivity index (χ1v) is 13.6. The summed E-state index contributed by atoms with van der Waals surface area (Å²) in [7, 11) is 3.15. The number of phenolic OH excluding ortho intramolecular Hbond substituents is 1. The molecule has 2 aromatic rings. The van der Waals surface area contributed by atoms with Crippen LogP contribution >= 0.6 is 0 Å². The van der Waals surface area contributed by atoms with E-state index in [0.717, 1.165) is 16.7 Å². The van der Waals surface area contributed by atoms with Gasteiger partial charge in [0, 0.05) is 24.1 Å². The lowest BCUT2D eigenvalue weighted by atomic mass is 9.57. The van der Waals surface area contributed by atoms with Crippen LogP contribution in [0.5, 0.6) is 5.75 Å². The number of benzene rings is 2. The van der Waals surface area contributed by atoms with Gasteiger partial charge in [0.05, 0.1) is 11.6 Å². The summed E-state index contributed by atoms with van der Waals surface area (Å²) in [6.45, 7) is 4.85. The number of primary amides is 1. The normalized spacial score (nSPS) is 25.9. The number of phenols is 1. The van der Waals surface area contributed by atoms with E-state index >= 15 is 0 Å². The Balaban J connectivity index is 1.64. The molecule has 0 saturated heterocycles. The number of ketones is 2. The Morgan fingerprint density at radius 1 is 1.10 bits per heavy atom. The highest BCUT2D eigenvalue weighted by atomic mass is 16.3. The summed E-state index contributed by atoms with van der Waals surface area (Å²) < 4.78 is 0. The number of aliphatic hydroxyl groups excluding tert-OH is 2. The maximum absolute atomic E-state index is 14.0. The summed E-state index contributed by atoms with van der Waals surface area (Å²) in [6, 6.07) is 10.3. The number of carbonyl (C=O) groups excluding carboxylic acids is 3. The zero-order valence-electron chi connectivity index (χ0n) is 23.4. The summed E-state index contributed by atoms with van der Waals surface area (Å²) in [5, 5.41) is 48.3. The summed E-state index contributed by atoms with van der Waals surface area (Å²) in [6.07, 6.45) is 0.273. The van der Waals surface area contributed by atoms with Crippen LogP contribution in [-0.2, 0) is 27.3 Å². The van der Waals surface area contributed by atoms with Gasteiger partial charge in [-0.05, 0) is 61.2 Å². The minimum absolute atomic E-state index is 0.0423. The molecular weight excluding hydrogens is 526 g/mol. The lowest BCUT2D eigenvalue weighted by molar-refractivity contribution is -0.153. The Bertz CT molecular complexity index is 1520.